The lowest BCUT2D eigenvalue weighted by Gasteiger charge is -2.10. The zero-order valence-electron chi connectivity index (χ0n) is 11.4. The molecule has 100 valence electrons. The van der Waals surface area contributed by atoms with Crippen molar-refractivity contribution >= 4 is 0 Å². The molecule has 2 heterocycles. The molecule has 3 rings (SSSR count). The molecule has 0 spiro atoms. The van der Waals surface area contributed by atoms with Crippen molar-refractivity contribution in [3.8, 4) is 5.82 Å². The largest absolute Gasteiger partial charge is 0.310 e. The van der Waals surface area contributed by atoms with Crippen LogP contribution in [0.5, 0.6) is 0 Å². The van der Waals surface area contributed by atoms with Crippen LogP contribution in [0, 0.1) is 0 Å². The molecule has 5 heteroatoms. The van der Waals surface area contributed by atoms with Gasteiger partial charge >= 0.3 is 0 Å². The predicted octanol–water partition coefficient (Wildman–Crippen LogP) is 2.04. The number of nitrogens with zero attached hydrogens (tertiary/aromatic N) is 4. The summed E-state index contributed by atoms with van der Waals surface area (Å²) in [6.07, 6.45) is 6.14. The monoisotopic (exact) mass is 257 g/mol. The van der Waals surface area contributed by atoms with Crippen molar-refractivity contribution in [3.05, 3.63) is 35.8 Å². The summed E-state index contributed by atoms with van der Waals surface area (Å²) in [7, 11) is 0. The first-order chi connectivity index (χ1) is 9.25. The van der Waals surface area contributed by atoms with Gasteiger partial charge in [0.05, 0.1) is 11.9 Å². The first kappa shape index (κ1) is 12.3. The summed E-state index contributed by atoms with van der Waals surface area (Å²) in [5, 5.41) is 16.1. The molecule has 1 N–H and O–H groups in total. The normalized spacial score (nSPS) is 15.1. The fraction of sp³-hybridized carbons (Fsp3) is 0.500. The molecular weight excluding hydrogens is 238 g/mol. The van der Waals surface area contributed by atoms with E-state index in [4.69, 9.17) is 0 Å². The van der Waals surface area contributed by atoms with Crippen molar-refractivity contribution in [2.24, 2.45) is 0 Å². The second kappa shape index (κ2) is 5.09. The van der Waals surface area contributed by atoms with Gasteiger partial charge in [-0.05, 0) is 25.0 Å². The van der Waals surface area contributed by atoms with Gasteiger partial charge in [-0.25, -0.2) is 4.68 Å². The molecule has 0 amide bonds. The van der Waals surface area contributed by atoms with Crippen molar-refractivity contribution < 1.29 is 0 Å². The minimum Gasteiger partial charge on any atom is -0.310 e. The third kappa shape index (κ3) is 2.66. The van der Waals surface area contributed by atoms with Crippen LogP contribution in [-0.4, -0.2) is 26.0 Å². The van der Waals surface area contributed by atoms with Gasteiger partial charge in [-0.1, -0.05) is 13.8 Å². The molecule has 1 fully saturated rings. The van der Waals surface area contributed by atoms with Crippen LogP contribution in [0.25, 0.3) is 5.82 Å². The highest BCUT2D eigenvalue weighted by Crippen LogP contribution is 2.42. The summed E-state index contributed by atoms with van der Waals surface area (Å²) in [6.45, 7) is 5.18. The lowest BCUT2D eigenvalue weighted by Crippen LogP contribution is -2.22. The van der Waals surface area contributed by atoms with Crippen molar-refractivity contribution in [3.63, 3.8) is 0 Å². The molecule has 1 saturated carbocycles. The summed E-state index contributed by atoms with van der Waals surface area (Å²) in [6, 6.07) is 4.32. The third-order valence-corrected chi connectivity index (χ3v) is 3.33. The summed E-state index contributed by atoms with van der Waals surface area (Å²) in [4.78, 5) is 0. The fourth-order valence-electron chi connectivity index (χ4n) is 2.22. The maximum atomic E-state index is 4.50. The SMILES string of the molecule is CC(C)NCc1cnn(-c2cccnn2)c1C1CC1. The molecule has 0 atom stereocenters. The number of hydrogen-bond donors (Lipinski definition) is 1. The Morgan fingerprint density at radius 2 is 2.26 bits per heavy atom. The molecule has 1 aliphatic rings. The van der Waals surface area contributed by atoms with Crippen molar-refractivity contribution in [2.75, 3.05) is 0 Å². The molecular formula is C14H19N5. The number of rotatable bonds is 5. The summed E-state index contributed by atoms with van der Waals surface area (Å²) in [5.74, 6) is 1.44. The highest BCUT2D eigenvalue weighted by molar-refractivity contribution is 5.32. The second-order valence-corrected chi connectivity index (χ2v) is 5.36. The van der Waals surface area contributed by atoms with E-state index in [0.717, 1.165) is 12.4 Å². The van der Waals surface area contributed by atoms with E-state index in [0.29, 0.717) is 12.0 Å². The van der Waals surface area contributed by atoms with E-state index in [-0.39, 0.29) is 0 Å². The quantitative estimate of drug-likeness (QED) is 0.890. The van der Waals surface area contributed by atoms with Crippen LogP contribution >= 0.6 is 0 Å². The van der Waals surface area contributed by atoms with E-state index in [1.54, 1.807) is 6.20 Å². The zero-order valence-corrected chi connectivity index (χ0v) is 11.4. The molecule has 0 aliphatic heterocycles. The molecule has 0 bridgehead atoms. The van der Waals surface area contributed by atoms with Crippen LogP contribution in [0.3, 0.4) is 0 Å². The number of aromatic nitrogens is 4. The van der Waals surface area contributed by atoms with Gasteiger partial charge in [-0.15, -0.1) is 5.10 Å². The van der Waals surface area contributed by atoms with E-state index in [2.05, 4.69) is 34.5 Å². The van der Waals surface area contributed by atoms with Crippen LogP contribution in [0.2, 0.25) is 0 Å². The molecule has 1 aliphatic carbocycles. The first-order valence-corrected chi connectivity index (χ1v) is 6.84. The molecule has 0 aromatic carbocycles. The minimum absolute atomic E-state index is 0.479. The molecule has 0 saturated heterocycles. The lowest BCUT2D eigenvalue weighted by molar-refractivity contribution is 0.585. The first-order valence-electron chi connectivity index (χ1n) is 6.84. The smallest absolute Gasteiger partial charge is 0.175 e. The van der Waals surface area contributed by atoms with Crippen LogP contribution in [0.15, 0.2) is 24.5 Å². The van der Waals surface area contributed by atoms with Gasteiger partial charge in [-0.2, -0.15) is 10.2 Å². The Bertz CT molecular complexity index is 542. The van der Waals surface area contributed by atoms with Gasteiger partial charge < -0.3 is 5.32 Å². The van der Waals surface area contributed by atoms with Gasteiger partial charge in [0, 0.05) is 30.3 Å². The Balaban J connectivity index is 1.92. The average Bonchev–Trinajstić information content (AvgIpc) is 3.17. The van der Waals surface area contributed by atoms with Crippen molar-refractivity contribution in [1.29, 1.82) is 0 Å². The van der Waals surface area contributed by atoms with E-state index in [9.17, 15) is 0 Å². The van der Waals surface area contributed by atoms with E-state index < -0.39 is 0 Å². The van der Waals surface area contributed by atoms with Crippen LogP contribution in [0.1, 0.15) is 43.9 Å². The Kier molecular flexibility index (Phi) is 3.29. The Labute approximate surface area is 113 Å². The minimum atomic E-state index is 0.479. The Morgan fingerprint density at radius 3 is 2.89 bits per heavy atom. The molecule has 2 aromatic heterocycles. The molecule has 2 aromatic rings. The lowest BCUT2D eigenvalue weighted by atomic mass is 10.1. The maximum Gasteiger partial charge on any atom is 0.175 e. The Morgan fingerprint density at radius 1 is 1.42 bits per heavy atom. The van der Waals surface area contributed by atoms with E-state index >= 15 is 0 Å². The highest BCUT2D eigenvalue weighted by atomic mass is 15.3. The standard InChI is InChI=1S/C14H19N5/c1-10(2)15-8-12-9-17-19(14(12)11-5-6-11)13-4-3-7-16-18-13/h3-4,7,9-11,15H,5-6,8H2,1-2H3. The van der Waals surface area contributed by atoms with Gasteiger partial charge in [0.2, 0.25) is 0 Å². The van der Waals surface area contributed by atoms with E-state index in [1.807, 2.05) is 23.0 Å². The number of hydrogen-bond acceptors (Lipinski definition) is 4. The van der Waals surface area contributed by atoms with Crippen LogP contribution in [-0.2, 0) is 6.54 Å². The average molecular weight is 257 g/mol. The van der Waals surface area contributed by atoms with Gasteiger partial charge in [0.1, 0.15) is 0 Å². The molecule has 5 nitrogen and oxygen atoms in total. The summed E-state index contributed by atoms with van der Waals surface area (Å²) >= 11 is 0. The Hall–Kier alpha value is -1.75. The zero-order chi connectivity index (χ0) is 13.2. The topological polar surface area (TPSA) is 55.6 Å². The van der Waals surface area contributed by atoms with Crippen molar-refractivity contribution in [1.82, 2.24) is 25.3 Å². The second-order valence-electron chi connectivity index (χ2n) is 5.36. The maximum absolute atomic E-state index is 4.50. The number of nitrogens with one attached hydrogen (secondary N) is 1. The summed E-state index contributed by atoms with van der Waals surface area (Å²) < 4.78 is 1.95. The van der Waals surface area contributed by atoms with E-state index in [1.165, 1.54) is 24.1 Å². The van der Waals surface area contributed by atoms with Crippen LogP contribution < -0.4 is 5.32 Å². The molecule has 0 unspecified atom stereocenters. The predicted molar refractivity (Wildman–Crippen MR) is 73.1 cm³/mol. The fourth-order valence-corrected chi connectivity index (χ4v) is 2.22. The van der Waals surface area contributed by atoms with Crippen LogP contribution in [0.4, 0.5) is 0 Å². The van der Waals surface area contributed by atoms with Gasteiger partial charge in [0.15, 0.2) is 5.82 Å². The summed E-state index contributed by atoms with van der Waals surface area (Å²) in [5.41, 5.74) is 2.58. The highest BCUT2D eigenvalue weighted by Gasteiger charge is 2.30. The molecule has 19 heavy (non-hydrogen) atoms. The third-order valence-electron chi connectivity index (χ3n) is 3.33. The van der Waals surface area contributed by atoms with Gasteiger partial charge in [0.25, 0.3) is 0 Å². The van der Waals surface area contributed by atoms with Crippen molar-refractivity contribution in [2.45, 2.75) is 45.2 Å². The van der Waals surface area contributed by atoms with Gasteiger partial charge in [-0.3, -0.25) is 0 Å². The molecule has 0 radical (unpaired) electrons.